The number of aryl methyl sites for hydroxylation is 1. The van der Waals surface area contributed by atoms with Crippen LogP contribution in [0.25, 0.3) is 6.08 Å². The minimum atomic E-state index is -0.797. The summed E-state index contributed by atoms with van der Waals surface area (Å²) in [5.41, 5.74) is 2.95. The van der Waals surface area contributed by atoms with Gasteiger partial charge >= 0.3 is 6.03 Å². The predicted octanol–water partition coefficient (Wildman–Crippen LogP) is 4.37. The van der Waals surface area contributed by atoms with Gasteiger partial charge in [-0.15, -0.1) is 0 Å². The van der Waals surface area contributed by atoms with E-state index in [1.807, 2.05) is 25.1 Å². The van der Waals surface area contributed by atoms with Crippen LogP contribution in [0.1, 0.15) is 29.2 Å². The highest BCUT2D eigenvalue weighted by Crippen LogP contribution is 2.26. The third-order valence-electron chi connectivity index (χ3n) is 5.44. The van der Waals surface area contributed by atoms with Crippen LogP contribution in [0.3, 0.4) is 0 Å². The van der Waals surface area contributed by atoms with Crippen molar-refractivity contribution in [3.63, 3.8) is 0 Å². The number of carbonyl (C=O) groups is 3. The molecule has 0 aromatic heterocycles. The second kappa shape index (κ2) is 9.84. The number of nitrogens with zero attached hydrogens (tertiary/aromatic N) is 2. The summed E-state index contributed by atoms with van der Waals surface area (Å²) in [6.45, 7) is 2.14. The Morgan fingerprint density at radius 1 is 0.971 bits per heavy atom. The van der Waals surface area contributed by atoms with E-state index in [-0.39, 0.29) is 12.2 Å². The first-order valence-corrected chi connectivity index (χ1v) is 10.7. The second-order valence-corrected chi connectivity index (χ2v) is 7.57. The number of nitriles is 1. The van der Waals surface area contributed by atoms with Gasteiger partial charge in [0, 0.05) is 11.1 Å². The molecule has 0 aliphatic carbocycles. The van der Waals surface area contributed by atoms with Gasteiger partial charge in [-0.2, -0.15) is 5.26 Å². The molecule has 7 heteroatoms. The van der Waals surface area contributed by atoms with E-state index in [4.69, 9.17) is 4.74 Å². The van der Waals surface area contributed by atoms with Gasteiger partial charge in [0.1, 0.15) is 17.9 Å². The average molecular weight is 451 g/mol. The molecule has 168 valence electrons. The molecule has 1 saturated heterocycles. The number of barbiturate groups is 1. The van der Waals surface area contributed by atoms with Crippen molar-refractivity contribution < 1.29 is 19.1 Å². The lowest BCUT2D eigenvalue weighted by atomic mass is 10.1. The van der Waals surface area contributed by atoms with Crippen molar-refractivity contribution in [1.29, 1.82) is 5.26 Å². The van der Waals surface area contributed by atoms with Gasteiger partial charge in [-0.1, -0.05) is 55.5 Å². The SMILES string of the molecule is CCc1ccc(N2C(=O)NC(=O)/C(=C/c3ccccc3OCc3ccccc3C#N)C2=O)cc1. The van der Waals surface area contributed by atoms with E-state index >= 15 is 0 Å². The van der Waals surface area contributed by atoms with Gasteiger partial charge in [0.25, 0.3) is 11.8 Å². The Morgan fingerprint density at radius 2 is 1.68 bits per heavy atom. The maximum absolute atomic E-state index is 13.2. The van der Waals surface area contributed by atoms with Crippen LogP contribution in [0.5, 0.6) is 5.75 Å². The number of nitrogens with one attached hydrogen (secondary N) is 1. The van der Waals surface area contributed by atoms with Crippen molar-refractivity contribution in [2.75, 3.05) is 4.90 Å². The summed E-state index contributed by atoms with van der Waals surface area (Å²) < 4.78 is 5.92. The fourth-order valence-electron chi connectivity index (χ4n) is 3.57. The Labute approximate surface area is 196 Å². The molecule has 0 saturated carbocycles. The molecule has 1 aliphatic heterocycles. The highest BCUT2D eigenvalue weighted by atomic mass is 16.5. The molecule has 0 unspecified atom stereocenters. The van der Waals surface area contributed by atoms with E-state index in [1.165, 1.54) is 6.08 Å². The lowest BCUT2D eigenvalue weighted by Crippen LogP contribution is -2.54. The number of amides is 4. The lowest BCUT2D eigenvalue weighted by molar-refractivity contribution is -0.122. The molecule has 0 atom stereocenters. The maximum Gasteiger partial charge on any atom is 0.335 e. The zero-order chi connectivity index (χ0) is 24.1. The Balaban J connectivity index is 1.63. The molecule has 0 radical (unpaired) electrons. The highest BCUT2D eigenvalue weighted by Gasteiger charge is 2.36. The first kappa shape index (κ1) is 22.5. The van der Waals surface area contributed by atoms with Crippen LogP contribution >= 0.6 is 0 Å². The van der Waals surface area contributed by atoms with Gasteiger partial charge in [0.15, 0.2) is 0 Å². The molecule has 1 N–H and O–H groups in total. The summed E-state index contributed by atoms with van der Waals surface area (Å²) in [6.07, 6.45) is 2.22. The summed E-state index contributed by atoms with van der Waals surface area (Å²) in [6, 6.07) is 22.4. The zero-order valence-corrected chi connectivity index (χ0v) is 18.4. The summed E-state index contributed by atoms with van der Waals surface area (Å²) in [5, 5.41) is 11.5. The number of urea groups is 1. The van der Waals surface area contributed by atoms with E-state index in [9.17, 15) is 19.6 Å². The van der Waals surface area contributed by atoms with E-state index in [0.717, 1.165) is 16.9 Å². The molecule has 0 spiro atoms. The fraction of sp³-hybridized carbons (Fsp3) is 0.111. The van der Waals surface area contributed by atoms with Gasteiger partial charge < -0.3 is 4.74 Å². The molecule has 7 nitrogen and oxygen atoms in total. The van der Waals surface area contributed by atoms with Gasteiger partial charge in [0.2, 0.25) is 0 Å². The molecule has 1 heterocycles. The standard InChI is InChI=1S/C27H21N3O4/c1-2-18-11-13-22(14-12-18)30-26(32)23(25(31)29-27(30)33)15-19-7-5-6-10-24(19)34-17-21-9-4-3-8-20(21)16-28/h3-15H,2,17H2,1H3,(H,29,31,33)/b23-15-. The molecule has 34 heavy (non-hydrogen) atoms. The van der Waals surface area contributed by atoms with Crippen molar-refractivity contribution in [1.82, 2.24) is 5.32 Å². The smallest absolute Gasteiger partial charge is 0.335 e. The molecular formula is C27H21N3O4. The Hall–Kier alpha value is -4.70. The predicted molar refractivity (Wildman–Crippen MR) is 127 cm³/mol. The Bertz CT molecular complexity index is 1340. The highest BCUT2D eigenvalue weighted by molar-refractivity contribution is 6.39. The van der Waals surface area contributed by atoms with Crippen LogP contribution in [0.2, 0.25) is 0 Å². The minimum absolute atomic E-state index is 0.137. The van der Waals surface area contributed by atoms with Crippen LogP contribution in [0, 0.1) is 11.3 Å². The van der Waals surface area contributed by atoms with Gasteiger partial charge in [-0.25, -0.2) is 9.69 Å². The van der Waals surface area contributed by atoms with E-state index < -0.39 is 17.8 Å². The summed E-state index contributed by atoms with van der Waals surface area (Å²) in [7, 11) is 0. The zero-order valence-electron chi connectivity index (χ0n) is 18.4. The quantitative estimate of drug-likeness (QED) is 0.443. The minimum Gasteiger partial charge on any atom is -0.488 e. The number of carbonyl (C=O) groups excluding carboxylic acids is 3. The third kappa shape index (κ3) is 4.57. The number of para-hydroxylation sites is 1. The molecule has 0 bridgehead atoms. The number of hydrogen-bond donors (Lipinski definition) is 1. The molecule has 1 fully saturated rings. The Morgan fingerprint density at radius 3 is 2.41 bits per heavy atom. The number of rotatable bonds is 6. The van der Waals surface area contributed by atoms with E-state index in [0.29, 0.717) is 28.1 Å². The topological polar surface area (TPSA) is 99.5 Å². The van der Waals surface area contributed by atoms with Gasteiger partial charge in [0.05, 0.1) is 17.3 Å². The Kier molecular flexibility index (Phi) is 6.51. The molecular weight excluding hydrogens is 430 g/mol. The van der Waals surface area contributed by atoms with Gasteiger partial charge in [-0.3, -0.25) is 14.9 Å². The van der Waals surface area contributed by atoms with Crippen LogP contribution in [0.15, 0.2) is 78.4 Å². The van der Waals surface area contributed by atoms with E-state index in [1.54, 1.807) is 54.6 Å². The largest absolute Gasteiger partial charge is 0.488 e. The number of benzene rings is 3. The number of ether oxygens (including phenoxy) is 1. The normalized spacial score (nSPS) is 14.6. The first-order chi connectivity index (χ1) is 16.5. The monoisotopic (exact) mass is 451 g/mol. The summed E-state index contributed by atoms with van der Waals surface area (Å²) in [5.74, 6) is -1.07. The molecule has 1 aliphatic rings. The molecule has 4 rings (SSSR count). The van der Waals surface area contributed by atoms with Crippen molar-refractivity contribution in [3.8, 4) is 11.8 Å². The number of hydrogen-bond acceptors (Lipinski definition) is 5. The third-order valence-corrected chi connectivity index (χ3v) is 5.44. The van der Waals surface area contributed by atoms with Gasteiger partial charge in [-0.05, 0) is 42.3 Å². The van der Waals surface area contributed by atoms with Crippen LogP contribution < -0.4 is 15.0 Å². The van der Waals surface area contributed by atoms with Crippen LogP contribution in [0.4, 0.5) is 10.5 Å². The van der Waals surface area contributed by atoms with Crippen LogP contribution in [-0.4, -0.2) is 17.8 Å². The van der Waals surface area contributed by atoms with E-state index in [2.05, 4.69) is 11.4 Å². The summed E-state index contributed by atoms with van der Waals surface area (Å²) >= 11 is 0. The summed E-state index contributed by atoms with van der Waals surface area (Å²) in [4.78, 5) is 39.1. The lowest BCUT2D eigenvalue weighted by Gasteiger charge is -2.26. The van der Waals surface area contributed by atoms with Crippen molar-refractivity contribution in [2.24, 2.45) is 0 Å². The van der Waals surface area contributed by atoms with Crippen molar-refractivity contribution >= 4 is 29.6 Å². The molecule has 3 aromatic rings. The molecule has 4 amide bonds. The molecule has 3 aromatic carbocycles. The maximum atomic E-state index is 13.2. The number of imide groups is 2. The van der Waals surface area contributed by atoms with Crippen molar-refractivity contribution in [3.05, 3.63) is 101 Å². The van der Waals surface area contributed by atoms with Crippen LogP contribution in [-0.2, 0) is 22.6 Å². The fourth-order valence-corrected chi connectivity index (χ4v) is 3.57. The second-order valence-electron chi connectivity index (χ2n) is 7.57. The first-order valence-electron chi connectivity index (χ1n) is 10.7. The average Bonchev–Trinajstić information content (AvgIpc) is 2.86. The number of anilines is 1. The van der Waals surface area contributed by atoms with Crippen molar-refractivity contribution in [2.45, 2.75) is 20.0 Å².